The molecule has 0 radical (unpaired) electrons. The molecule has 1 aliphatic heterocycles. The van der Waals surface area contributed by atoms with Crippen LogP contribution in [0.5, 0.6) is 0 Å². The molecule has 0 unspecified atom stereocenters. The van der Waals surface area contributed by atoms with Gasteiger partial charge in [-0.05, 0) is 29.9 Å². The Labute approximate surface area is 123 Å². The van der Waals surface area contributed by atoms with Crippen molar-refractivity contribution in [3.63, 3.8) is 0 Å². The summed E-state index contributed by atoms with van der Waals surface area (Å²) < 4.78 is 0. The smallest absolute Gasteiger partial charge is 0.260 e. The van der Waals surface area contributed by atoms with Gasteiger partial charge in [0.05, 0.1) is 5.39 Å². The molecule has 4 heterocycles. The molecule has 0 saturated heterocycles. The van der Waals surface area contributed by atoms with Gasteiger partial charge in [-0.1, -0.05) is 0 Å². The van der Waals surface area contributed by atoms with Crippen molar-refractivity contribution in [2.75, 3.05) is 5.75 Å². The van der Waals surface area contributed by atoms with Crippen LogP contribution in [0.15, 0.2) is 29.3 Å². The molecule has 100 valence electrons. The quantitative estimate of drug-likeness (QED) is 0.751. The summed E-state index contributed by atoms with van der Waals surface area (Å²) in [5, 5.41) is 0.795. The topological polar surface area (TPSA) is 58.6 Å². The highest BCUT2D eigenvalue weighted by Gasteiger charge is 2.20. The molecule has 3 aromatic rings. The lowest BCUT2D eigenvalue weighted by Crippen LogP contribution is -2.11. The Morgan fingerprint density at radius 3 is 2.95 bits per heavy atom. The van der Waals surface area contributed by atoms with Crippen molar-refractivity contribution >= 4 is 33.3 Å². The molecule has 6 heteroatoms. The lowest BCUT2D eigenvalue weighted by atomic mass is 10.1. The summed E-state index contributed by atoms with van der Waals surface area (Å²) in [7, 11) is 0. The molecular formula is C14H11N3OS2. The molecule has 0 aliphatic carbocycles. The summed E-state index contributed by atoms with van der Waals surface area (Å²) in [6.07, 6.45) is 4.38. The molecule has 0 fully saturated rings. The summed E-state index contributed by atoms with van der Waals surface area (Å²) in [5.74, 6) is 2.71. The number of rotatable bonds is 1. The highest BCUT2D eigenvalue weighted by atomic mass is 32.2. The van der Waals surface area contributed by atoms with Gasteiger partial charge in [0.15, 0.2) is 0 Å². The fourth-order valence-corrected chi connectivity index (χ4v) is 4.83. The number of hydrogen-bond acceptors (Lipinski definition) is 5. The number of aromatic amines is 1. The van der Waals surface area contributed by atoms with E-state index in [1.165, 1.54) is 10.4 Å². The SMILES string of the molecule is O=c1[nH]c(-c2ccncc2)nc2sc3c(c12)CCSC3. The van der Waals surface area contributed by atoms with Gasteiger partial charge in [-0.3, -0.25) is 9.78 Å². The second-order valence-corrected chi connectivity index (χ2v) is 6.83. The number of thiophene rings is 1. The zero-order valence-corrected chi connectivity index (χ0v) is 12.2. The predicted molar refractivity (Wildman–Crippen MR) is 83.3 cm³/mol. The van der Waals surface area contributed by atoms with Crippen molar-refractivity contribution in [2.24, 2.45) is 0 Å². The third-order valence-electron chi connectivity index (χ3n) is 3.43. The Morgan fingerprint density at radius 1 is 1.25 bits per heavy atom. The summed E-state index contributed by atoms with van der Waals surface area (Å²) in [6.45, 7) is 0. The van der Waals surface area contributed by atoms with Crippen LogP contribution in [0.25, 0.3) is 21.6 Å². The average molecular weight is 301 g/mol. The minimum atomic E-state index is -0.0220. The number of thioether (sulfide) groups is 1. The standard InChI is InChI=1S/C14H11N3OS2/c18-13-11-9-3-6-19-7-10(9)20-14(11)17-12(16-13)8-1-4-15-5-2-8/h1-2,4-5H,3,6-7H2,(H,16,17,18). The first-order valence-electron chi connectivity index (χ1n) is 6.35. The fourth-order valence-electron chi connectivity index (χ4n) is 2.48. The molecule has 1 N–H and O–H groups in total. The van der Waals surface area contributed by atoms with Crippen molar-refractivity contribution in [1.29, 1.82) is 0 Å². The molecule has 0 bridgehead atoms. The van der Waals surface area contributed by atoms with E-state index in [1.54, 1.807) is 23.7 Å². The lowest BCUT2D eigenvalue weighted by molar-refractivity contribution is 1.11. The van der Waals surface area contributed by atoms with Crippen LogP contribution in [-0.4, -0.2) is 20.7 Å². The number of fused-ring (bicyclic) bond motifs is 3. The van der Waals surface area contributed by atoms with Crippen LogP contribution >= 0.6 is 23.1 Å². The van der Waals surface area contributed by atoms with Crippen LogP contribution in [0.1, 0.15) is 10.4 Å². The van der Waals surface area contributed by atoms with E-state index in [1.807, 2.05) is 23.9 Å². The monoisotopic (exact) mass is 301 g/mol. The van der Waals surface area contributed by atoms with Gasteiger partial charge in [-0.2, -0.15) is 11.8 Å². The number of nitrogens with zero attached hydrogens (tertiary/aromatic N) is 2. The number of aryl methyl sites for hydroxylation is 1. The van der Waals surface area contributed by atoms with E-state index < -0.39 is 0 Å². The number of nitrogens with one attached hydrogen (secondary N) is 1. The summed E-state index contributed by atoms with van der Waals surface area (Å²) in [5.41, 5.74) is 2.07. The van der Waals surface area contributed by atoms with Gasteiger partial charge >= 0.3 is 0 Å². The van der Waals surface area contributed by atoms with Gasteiger partial charge in [0.1, 0.15) is 10.7 Å². The van der Waals surface area contributed by atoms with Crippen LogP contribution < -0.4 is 5.56 Å². The molecule has 1 aliphatic rings. The highest BCUT2D eigenvalue weighted by molar-refractivity contribution is 7.98. The molecule has 20 heavy (non-hydrogen) atoms. The Morgan fingerprint density at radius 2 is 2.10 bits per heavy atom. The second kappa shape index (κ2) is 4.71. The van der Waals surface area contributed by atoms with E-state index in [0.29, 0.717) is 5.82 Å². The van der Waals surface area contributed by atoms with E-state index in [9.17, 15) is 4.79 Å². The van der Waals surface area contributed by atoms with E-state index in [-0.39, 0.29) is 5.56 Å². The van der Waals surface area contributed by atoms with Crippen molar-refractivity contribution in [3.8, 4) is 11.4 Å². The van der Waals surface area contributed by atoms with Crippen LogP contribution in [0.4, 0.5) is 0 Å². The lowest BCUT2D eigenvalue weighted by Gasteiger charge is -2.09. The van der Waals surface area contributed by atoms with Gasteiger partial charge in [0.25, 0.3) is 5.56 Å². The Balaban J connectivity index is 1.97. The minimum Gasteiger partial charge on any atom is -0.306 e. The molecule has 0 aromatic carbocycles. The van der Waals surface area contributed by atoms with E-state index in [2.05, 4.69) is 15.0 Å². The maximum Gasteiger partial charge on any atom is 0.260 e. The first kappa shape index (κ1) is 12.1. The largest absolute Gasteiger partial charge is 0.306 e. The zero-order valence-electron chi connectivity index (χ0n) is 10.5. The van der Waals surface area contributed by atoms with Gasteiger partial charge in [0, 0.05) is 28.6 Å². The van der Waals surface area contributed by atoms with Gasteiger partial charge in [-0.25, -0.2) is 4.98 Å². The molecule has 4 nitrogen and oxygen atoms in total. The van der Waals surface area contributed by atoms with Crippen LogP contribution in [0.3, 0.4) is 0 Å². The molecule has 0 saturated carbocycles. The molecule has 0 spiro atoms. The zero-order chi connectivity index (χ0) is 13.5. The number of pyridine rings is 1. The molecule has 0 atom stereocenters. The second-order valence-electron chi connectivity index (χ2n) is 4.64. The molecule has 0 amide bonds. The van der Waals surface area contributed by atoms with Crippen molar-refractivity contribution < 1.29 is 0 Å². The van der Waals surface area contributed by atoms with E-state index >= 15 is 0 Å². The number of hydrogen-bond donors (Lipinski definition) is 1. The van der Waals surface area contributed by atoms with E-state index in [0.717, 1.165) is 33.7 Å². The predicted octanol–water partition coefficient (Wildman–Crippen LogP) is 2.84. The molecule has 4 rings (SSSR count). The maximum atomic E-state index is 12.4. The first-order valence-corrected chi connectivity index (χ1v) is 8.33. The third-order valence-corrected chi connectivity index (χ3v) is 5.72. The van der Waals surface area contributed by atoms with Crippen LogP contribution in [0, 0.1) is 0 Å². The first-order chi connectivity index (χ1) is 9.83. The third kappa shape index (κ3) is 1.87. The summed E-state index contributed by atoms with van der Waals surface area (Å²) >= 11 is 3.58. The van der Waals surface area contributed by atoms with Crippen molar-refractivity contribution in [1.82, 2.24) is 15.0 Å². The minimum absolute atomic E-state index is 0.0220. The van der Waals surface area contributed by atoms with Gasteiger partial charge in [-0.15, -0.1) is 11.3 Å². The number of aromatic nitrogens is 3. The Kier molecular flexibility index (Phi) is 2.85. The maximum absolute atomic E-state index is 12.4. The van der Waals surface area contributed by atoms with Crippen LogP contribution in [-0.2, 0) is 12.2 Å². The van der Waals surface area contributed by atoms with Gasteiger partial charge in [0.2, 0.25) is 0 Å². The fraction of sp³-hybridized carbons (Fsp3) is 0.214. The normalized spacial score (nSPS) is 14.4. The molecule has 3 aromatic heterocycles. The van der Waals surface area contributed by atoms with Crippen molar-refractivity contribution in [3.05, 3.63) is 45.3 Å². The van der Waals surface area contributed by atoms with Gasteiger partial charge < -0.3 is 4.98 Å². The average Bonchev–Trinajstić information content (AvgIpc) is 2.87. The Bertz CT molecular complexity index is 839. The number of H-pyrrole nitrogens is 1. The summed E-state index contributed by atoms with van der Waals surface area (Å²) in [4.78, 5) is 26.1. The highest BCUT2D eigenvalue weighted by Crippen LogP contribution is 2.35. The Hall–Kier alpha value is -1.66. The summed E-state index contributed by atoms with van der Waals surface area (Å²) in [6, 6.07) is 3.71. The molecular weight excluding hydrogens is 290 g/mol. The van der Waals surface area contributed by atoms with E-state index in [4.69, 9.17) is 0 Å². The van der Waals surface area contributed by atoms with Crippen molar-refractivity contribution in [2.45, 2.75) is 12.2 Å². The van der Waals surface area contributed by atoms with Crippen LogP contribution in [0.2, 0.25) is 0 Å².